The van der Waals surface area contributed by atoms with Crippen molar-refractivity contribution in [2.75, 3.05) is 12.4 Å². The summed E-state index contributed by atoms with van der Waals surface area (Å²) in [6.45, 7) is 0. The van der Waals surface area contributed by atoms with Gasteiger partial charge in [0.2, 0.25) is 5.91 Å². The Morgan fingerprint density at radius 3 is 2.67 bits per heavy atom. The van der Waals surface area contributed by atoms with Crippen LogP contribution in [0.25, 0.3) is 0 Å². The Labute approximate surface area is 109 Å². The number of carbonyl (C=O) groups is 2. The molecule has 0 aromatic heterocycles. The molecule has 0 heterocycles. The summed E-state index contributed by atoms with van der Waals surface area (Å²) in [5, 5.41) is 2.93. The zero-order chi connectivity index (χ0) is 13.3. The first-order chi connectivity index (χ1) is 8.46. The van der Waals surface area contributed by atoms with Crippen LogP contribution in [-0.4, -0.2) is 24.5 Å². The summed E-state index contributed by atoms with van der Waals surface area (Å²) < 4.78 is 4.60. The van der Waals surface area contributed by atoms with E-state index in [4.69, 9.17) is 17.3 Å². The Morgan fingerprint density at radius 1 is 1.44 bits per heavy atom. The second-order valence-electron chi connectivity index (χ2n) is 4.30. The van der Waals surface area contributed by atoms with E-state index in [0.717, 1.165) is 0 Å². The molecule has 1 aromatic rings. The molecule has 0 saturated heterocycles. The number of methoxy groups -OCH3 is 1. The third-order valence-corrected chi connectivity index (χ3v) is 3.20. The number of nitrogens with two attached hydrogens (primary N) is 1. The molecule has 0 radical (unpaired) electrons. The SMILES string of the molecule is COC(=O)c1cc(NC(=O)C2(N)CC2)ccc1Cl. The first kappa shape index (κ1) is 12.9. The van der Waals surface area contributed by atoms with Crippen LogP contribution in [0.2, 0.25) is 5.02 Å². The molecule has 1 amide bonds. The highest BCUT2D eigenvalue weighted by Crippen LogP contribution is 2.33. The fourth-order valence-electron chi connectivity index (χ4n) is 1.49. The van der Waals surface area contributed by atoms with E-state index < -0.39 is 11.5 Å². The zero-order valence-corrected chi connectivity index (χ0v) is 10.6. The van der Waals surface area contributed by atoms with Gasteiger partial charge in [0, 0.05) is 5.69 Å². The van der Waals surface area contributed by atoms with Crippen LogP contribution in [0.3, 0.4) is 0 Å². The van der Waals surface area contributed by atoms with E-state index in [1.54, 1.807) is 6.07 Å². The van der Waals surface area contributed by atoms with Crippen molar-refractivity contribution in [2.24, 2.45) is 5.73 Å². The normalized spacial score (nSPS) is 15.9. The Bertz CT molecular complexity index is 512. The van der Waals surface area contributed by atoms with Gasteiger partial charge in [-0.15, -0.1) is 0 Å². The lowest BCUT2D eigenvalue weighted by Gasteiger charge is -2.11. The molecule has 2 rings (SSSR count). The molecule has 1 saturated carbocycles. The maximum Gasteiger partial charge on any atom is 0.339 e. The van der Waals surface area contributed by atoms with Gasteiger partial charge in [0.05, 0.1) is 23.2 Å². The summed E-state index contributed by atoms with van der Waals surface area (Å²) in [5.41, 5.74) is 5.68. The van der Waals surface area contributed by atoms with Gasteiger partial charge in [0.25, 0.3) is 0 Å². The largest absolute Gasteiger partial charge is 0.465 e. The van der Waals surface area contributed by atoms with Gasteiger partial charge in [-0.2, -0.15) is 0 Å². The summed E-state index contributed by atoms with van der Waals surface area (Å²) in [4.78, 5) is 23.2. The van der Waals surface area contributed by atoms with Gasteiger partial charge in [-0.25, -0.2) is 4.79 Å². The molecular formula is C12H13ClN2O3. The van der Waals surface area contributed by atoms with Crippen LogP contribution in [-0.2, 0) is 9.53 Å². The van der Waals surface area contributed by atoms with E-state index in [1.165, 1.54) is 19.2 Å². The number of anilines is 1. The number of amides is 1. The Morgan fingerprint density at radius 2 is 2.11 bits per heavy atom. The summed E-state index contributed by atoms with van der Waals surface area (Å²) in [6, 6.07) is 4.61. The van der Waals surface area contributed by atoms with Gasteiger partial charge in [0.1, 0.15) is 0 Å². The molecule has 0 unspecified atom stereocenters. The standard InChI is InChI=1S/C12H13ClN2O3/c1-18-10(16)8-6-7(2-3-9(8)13)15-11(17)12(14)4-5-12/h2-3,6H,4-5,14H2,1H3,(H,15,17). The molecule has 1 aliphatic carbocycles. The molecule has 5 nitrogen and oxygen atoms in total. The number of hydrogen-bond donors (Lipinski definition) is 2. The Balaban J connectivity index is 2.19. The molecule has 1 aliphatic rings. The minimum Gasteiger partial charge on any atom is -0.465 e. The molecule has 0 atom stereocenters. The molecule has 96 valence electrons. The number of halogens is 1. The van der Waals surface area contributed by atoms with Crippen molar-refractivity contribution >= 4 is 29.2 Å². The van der Waals surface area contributed by atoms with Crippen LogP contribution >= 0.6 is 11.6 Å². The second-order valence-corrected chi connectivity index (χ2v) is 4.70. The number of nitrogens with one attached hydrogen (secondary N) is 1. The topological polar surface area (TPSA) is 81.4 Å². The summed E-state index contributed by atoms with van der Waals surface area (Å²) >= 11 is 5.87. The first-order valence-electron chi connectivity index (χ1n) is 5.44. The highest BCUT2D eigenvalue weighted by molar-refractivity contribution is 6.33. The van der Waals surface area contributed by atoms with Crippen molar-refractivity contribution in [3.8, 4) is 0 Å². The molecule has 1 aromatic carbocycles. The lowest BCUT2D eigenvalue weighted by Crippen LogP contribution is -2.37. The van der Waals surface area contributed by atoms with Crippen molar-refractivity contribution < 1.29 is 14.3 Å². The number of esters is 1. The predicted molar refractivity (Wildman–Crippen MR) is 67.6 cm³/mol. The number of hydrogen-bond acceptors (Lipinski definition) is 4. The van der Waals surface area contributed by atoms with Crippen LogP contribution in [0.1, 0.15) is 23.2 Å². The smallest absolute Gasteiger partial charge is 0.339 e. The van der Waals surface area contributed by atoms with Gasteiger partial charge >= 0.3 is 5.97 Å². The predicted octanol–water partition coefficient (Wildman–Crippen LogP) is 1.56. The molecule has 0 spiro atoms. The number of rotatable bonds is 3. The van der Waals surface area contributed by atoms with Gasteiger partial charge in [-0.05, 0) is 31.0 Å². The Hall–Kier alpha value is -1.59. The second kappa shape index (κ2) is 4.59. The molecule has 0 bridgehead atoms. The monoisotopic (exact) mass is 268 g/mol. The molecule has 0 aliphatic heterocycles. The summed E-state index contributed by atoms with van der Waals surface area (Å²) in [5.74, 6) is -0.800. The lowest BCUT2D eigenvalue weighted by atomic mass is 10.2. The van der Waals surface area contributed by atoms with Gasteiger partial charge in [-0.3, -0.25) is 4.79 Å². The minimum absolute atomic E-state index is 0.207. The van der Waals surface area contributed by atoms with Gasteiger partial charge in [0.15, 0.2) is 0 Å². The number of carbonyl (C=O) groups excluding carboxylic acids is 2. The minimum atomic E-state index is -0.759. The highest BCUT2D eigenvalue weighted by atomic mass is 35.5. The summed E-state index contributed by atoms with van der Waals surface area (Å²) in [7, 11) is 1.27. The number of ether oxygens (including phenoxy) is 1. The van der Waals surface area contributed by atoms with Crippen molar-refractivity contribution in [1.29, 1.82) is 0 Å². The molecule has 18 heavy (non-hydrogen) atoms. The summed E-state index contributed by atoms with van der Waals surface area (Å²) in [6.07, 6.45) is 1.35. The van der Waals surface area contributed by atoms with Crippen LogP contribution in [0.5, 0.6) is 0 Å². The van der Waals surface area contributed by atoms with Crippen LogP contribution in [0.15, 0.2) is 18.2 Å². The van der Waals surface area contributed by atoms with E-state index in [1.807, 2.05) is 0 Å². The van der Waals surface area contributed by atoms with Crippen molar-refractivity contribution in [1.82, 2.24) is 0 Å². The quantitative estimate of drug-likeness (QED) is 0.815. The third kappa shape index (κ3) is 2.47. The van der Waals surface area contributed by atoms with E-state index in [2.05, 4.69) is 10.1 Å². The van der Waals surface area contributed by atoms with Gasteiger partial charge < -0.3 is 15.8 Å². The molecule has 3 N–H and O–H groups in total. The third-order valence-electron chi connectivity index (χ3n) is 2.87. The van der Waals surface area contributed by atoms with E-state index in [9.17, 15) is 9.59 Å². The molecule has 6 heteroatoms. The average molecular weight is 269 g/mol. The maximum absolute atomic E-state index is 11.7. The highest BCUT2D eigenvalue weighted by Gasteiger charge is 2.45. The van der Waals surface area contributed by atoms with Crippen molar-refractivity contribution in [2.45, 2.75) is 18.4 Å². The van der Waals surface area contributed by atoms with Crippen molar-refractivity contribution in [3.63, 3.8) is 0 Å². The van der Waals surface area contributed by atoms with E-state index >= 15 is 0 Å². The molecular weight excluding hydrogens is 256 g/mol. The van der Waals surface area contributed by atoms with E-state index in [-0.39, 0.29) is 16.5 Å². The van der Waals surface area contributed by atoms with Crippen LogP contribution < -0.4 is 11.1 Å². The van der Waals surface area contributed by atoms with Crippen molar-refractivity contribution in [3.05, 3.63) is 28.8 Å². The lowest BCUT2D eigenvalue weighted by molar-refractivity contribution is -0.118. The Kier molecular flexibility index (Phi) is 3.28. The maximum atomic E-state index is 11.7. The first-order valence-corrected chi connectivity index (χ1v) is 5.82. The van der Waals surface area contributed by atoms with Crippen LogP contribution in [0, 0.1) is 0 Å². The average Bonchev–Trinajstić information content (AvgIpc) is 3.10. The van der Waals surface area contributed by atoms with Crippen LogP contribution in [0.4, 0.5) is 5.69 Å². The van der Waals surface area contributed by atoms with E-state index in [0.29, 0.717) is 18.5 Å². The zero-order valence-electron chi connectivity index (χ0n) is 9.83. The molecule has 1 fully saturated rings. The fourth-order valence-corrected chi connectivity index (χ4v) is 1.68. The van der Waals surface area contributed by atoms with Gasteiger partial charge in [-0.1, -0.05) is 11.6 Å². The fraction of sp³-hybridized carbons (Fsp3) is 0.333. The number of benzene rings is 1.